The molecule has 0 saturated heterocycles. The van der Waals surface area contributed by atoms with Crippen LogP contribution in [0.25, 0.3) is 38.8 Å². The minimum Gasteiger partial charge on any atom is -0.512 e. The first-order valence-electron chi connectivity index (χ1n) is 27.6. The summed E-state index contributed by atoms with van der Waals surface area (Å²) >= 11 is 0. The van der Waals surface area contributed by atoms with Crippen LogP contribution in [0.5, 0.6) is 11.5 Å². The van der Waals surface area contributed by atoms with Crippen molar-refractivity contribution < 1.29 is 25.8 Å². The predicted molar refractivity (Wildman–Crippen MR) is 327 cm³/mol. The molecule has 1 unspecified atom stereocenters. The molecule has 10 aromatic rings. The Hall–Kier alpha value is -7.20. The van der Waals surface area contributed by atoms with Crippen molar-refractivity contribution in [3.63, 3.8) is 0 Å². The molecule has 8 aromatic carbocycles. The molecule has 0 radical (unpaired) electrons. The van der Waals surface area contributed by atoms with Gasteiger partial charge in [0.1, 0.15) is 5.82 Å². The molecule has 1 aliphatic heterocycles. The third-order valence-electron chi connectivity index (χ3n) is 16.3. The Morgan fingerprint density at radius 3 is 1.68 bits per heavy atom. The topological polar surface area (TPSA) is 42.3 Å². The monoisotopic (exact) mass is 1220 g/mol. The molecule has 1 aliphatic rings. The maximum Gasteiger partial charge on any atom is 0.135 e. The number of ether oxygens (including phenoxy) is 1. The number of hydrogen-bond donors (Lipinski definition) is 1. The zero-order chi connectivity index (χ0) is 54.9. The standard InChI is InChI=1S/C73H73N4O.Pt/c1-69(2,3)50-30-28-48(29-31-50)49-38-58(45-60(39-49)78-59-33-35-62-61-26-20-21-27-65(61)77(67(62)46-59)68-44-54(36-37-74-68)71(7,8)9)76-47-64(63-34-32-53(43-66(63)76)70(4,5)6)75-57-41-55(72(10,11)51-22-16-14-17-23-51)40-56(42-57)73(12,13)52-24-18-15-19-25-52;/h14-44,47,64,75H,1-13H3;/q-3;. The summed E-state index contributed by atoms with van der Waals surface area (Å²) in [5.74, 6) is 2.03. The van der Waals surface area contributed by atoms with E-state index in [1.54, 1.807) is 0 Å². The van der Waals surface area contributed by atoms with Gasteiger partial charge in [0.25, 0.3) is 0 Å². The molecule has 6 heteroatoms. The van der Waals surface area contributed by atoms with E-state index in [1.807, 2.05) is 12.3 Å². The molecule has 0 spiro atoms. The van der Waals surface area contributed by atoms with Gasteiger partial charge in [0, 0.05) is 66.5 Å². The zero-order valence-electron chi connectivity index (χ0n) is 48.1. The maximum absolute atomic E-state index is 7.04. The fourth-order valence-electron chi connectivity index (χ4n) is 11.1. The fourth-order valence-corrected chi connectivity index (χ4v) is 11.1. The molecular weight excluding hydrogens is 1140 g/mol. The first kappa shape index (κ1) is 55.1. The number of hydrogen-bond acceptors (Lipinski definition) is 4. The summed E-state index contributed by atoms with van der Waals surface area (Å²) in [6, 6.07) is 73.6. The third kappa shape index (κ3) is 10.8. The zero-order valence-corrected chi connectivity index (χ0v) is 50.4. The van der Waals surface area contributed by atoms with E-state index in [-0.39, 0.29) is 54.2 Å². The fraction of sp³-hybridized carbons (Fsp3) is 0.260. The van der Waals surface area contributed by atoms with E-state index in [9.17, 15) is 0 Å². The average molecular weight is 1220 g/mol. The van der Waals surface area contributed by atoms with Crippen LogP contribution in [-0.2, 0) is 48.1 Å². The Kier molecular flexibility index (Phi) is 14.5. The number of rotatable bonds is 11. The molecule has 0 bridgehead atoms. The first-order valence-corrected chi connectivity index (χ1v) is 27.6. The molecule has 404 valence electrons. The van der Waals surface area contributed by atoms with Gasteiger partial charge in [-0.05, 0) is 108 Å². The van der Waals surface area contributed by atoms with E-state index >= 15 is 0 Å². The van der Waals surface area contributed by atoms with Gasteiger partial charge in [0.15, 0.2) is 0 Å². The van der Waals surface area contributed by atoms with Gasteiger partial charge in [0.05, 0.1) is 0 Å². The van der Waals surface area contributed by atoms with Crippen LogP contribution in [0.4, 0.5) is 17.1 Å². The van der Waals surface area contributed by atoms with Crippen LogP contribution in [0.1, 0.15) is 141 Å². The molecule has 1 N–H and O–H groups in total. The van der Waals surface area contributed by atoms with Gasteiger partial charge in [-0.1, -0.05) is 223 Å². The number of para-hydroxylation sites is 1. The van der Waals surface area contributed by atoms with Gasteiger partial charge in [-0.2, -0.15) is 6.07 Å². The minimum atomic E-state index is -0.269. The van der Waals surface area contributed by atoms with Crippen molar-refractivity contribution in [3.8, 4) is 28.4 Å². The number of fused-ring (bicyclic) bond motifs is 4. The molecular formula is C73H73N4OPt-3. The smallest absolute Gasteiger partial charge is 0.135 e. The van der Waals surface area contributed by atoms with Crippen LogP contribution in [0.3, 0.4) is 0 Å². The molecule has 2 aromatic heterocycles. The van der Waals surface area contributed by atoms with Crippen molar-refractivity contribution in [2.24, 2.45) is 0 Å². The quantitative estimate of drug-likeness (QED) is 0.131. The second-order valence-electron chi connectivity index (χ2n) is 25.6. The molecule has 0 amide bonds. The molecule has 11 rings (SSSR count). The van der Waals surface area contributed by atoms with Crippen molar-refractivity contribution in [1.82, 2.24) is 9.55 Å². The van der Waals surface area contributed by atoms with Gasteiger partial charge < -0.3 is 19.5 Å². The summed E-state index contributed by atoms with van der Waals surface area (Å²) in [5.41, 5.74) is 16.5. The Balaban J connectivity index is 0.00000704. The second-order valence-corrected chi connectivity index (χ2v) is 25.6. The van der Waals surface area contributed by atoms with Gasteiger partial charge in [-0.15, -0.1) is 47.0 Å². The number of anilines is 3. The Morgan fingerprint density at radius 1 is 0.481 bits per heavy atom. The van der Waals surface area contributed by atoms with Crippen molar-refractivity contribution >= 4 is 38.9 Å². The molecule has 0 saturated carbocycles. The number of aromatic nitrogens is 2. The first-order chi connectivity index (χ1) is 37.0. The number of nitrogens with zero attached hydrogens (tertiary/aromatic N) is 3. The molecule has 0 aliphatic carbocycles. The summed E-state index contributed by atoms with van der Waals surface area (Å²) in [4.78, 5) is 7.27. The van der Waals surface area contributed by atoms with Crippen LogP contribution < -0.4 is 15.0 Å². The minimum absolute atomic E-state index is 0. The maximum atomic E-state index is 7.04. The van der Waals surface area contributed by atoms with Gasteiger partial charge >= 0.3 is 0 Å². The molecule has 1 atom stereocenters. The number of pyridine rings is 1. The summed E-state index contributed by atoms with van der Waals surface area (Å²) in [7, 11) is 0. The molecule has 5 nitrogen and oxygen atoms in total. The van der Waals surface area contributed by atoms with Crippen LogP contribution in [-0.4, -0.2) is 9.55 Å². The van der Waals surface area contributed by atoms with Gasteiger partial charge in [0.2, 0.25) is 0 Å². The molecule has 3 heterocycles. The van der Waals surface area contributed by atoms with Gasteiger partial charge in [-0.25, -0.2) is 11.5 Å². The van der Waals surface area contributed by atoms with Crippen molar-refractivity contribution in [3.05, 3.63) is 251 Å². The van der Waals surface area contributed by atoms with Gasteiger partial charge in [-0.3, -0.25) is 0 Å². The SMILES string of the molecule is CC(C)(C)c1ccc(-c2cc(Oc3[c-]c4c(cc3)c3ccccc3n4-c3cc(C(C)(C)C)ccn3)[c-]c(N3[CH-]C(Nc4cc(C(C)(C)c5ccccc5)cc(C(C)(C)c5ccccc5)c4)c4ccc(C(C)(C)C)cc43)c2)cc1.[Pt]. The summed E-state index contributed by atoms with van der Waals surface area (Å²) in [6.45, 7) is 32.0. The van der Waals surface area contributed by atoms with Crippen LogP contribution in [0, 0.1) is 18.7 Å². The van der Waals surface area contributed by atoms with Crippen molar-refractivity contribution in [2.45, 2.75) is 123 Å². The number of benzene rings is 8. The Bertz CT molecular complexity index is 3760. The molecule has 79 heavy (non-hydrogen) atoms. The van der Waals surface area contributed by atoms with E-state index in [0.29, 0.717) is 11.5 Å². The summed E-state index contributed by atoms with van der Waals surface area (Å²) in [5, 5.41) is 6.33. The van der Waals surface area contributed by atoms with E-state index in [1.165, 1.54) is 44.5 Å². The predicted octanol–water partition coefficient (Wildman–Crippen LogP) is 19.2. The summed E-state index contributed by atoms with van der Waals surface area (Å²) < 4.78 is 9.26. The Morgan fingerprint density at radius 2 is 1.06 bits per heavy atom. The van der Waals surface area contributed by atoms with E-state index in [4.69, 9.17) is 9.72 Å². The van der Waals surface area contributed by atoms with Crippen LogP contribution in [0.2, 0.25) is 0 Å². The third-order valence-corrected chi connectivity index (χ3v) is 16.3. The van der Waals surface area contributed by atoms with Crippen LogP contribution in [0.15, 0.2) is 188 Å². The average Bonchev–Trinajstić information content (AvgIpc) is 4.22. The second kappa shape index (κ2) is 20.8. The number of nitrogens with one attached hydrogen (secondary N) is 1. The van der Waals surface area contributed by atoms with E-state index < -0.39 is 0 Å². The Labute approximate surface area is 484 Å². The normalized spacial score (nSPS) is 14.1. The largest absolute Gasteiger partial charge is 0.512 e. The van der Waals surface area contributed by atoms with E-state index in [0.717, 1.165) is 55.8 Å². The van der Waals surface area contributed by atoms with Crippen LogP contribution >= 0.6 is 0 Å². The molecule has 0 fully saturated rings. The van der Waals surface area contributed by atoms with Crippen molar-refractivity contribution in [2.75, 3.05) is 10.2 Å². The van der Waals surface area contributed by atoms with Crippen molar-refractivity contribution in [1.29, 1.82) is 0 Å². The summed E-state index contributed by atoms with van der Waals surface area (Å²) in [6.07, 6.45) is 1.92. The van der Waals surface area contributed by atoms with E-state index in [2.05, 4.69) is 299 Å².